The molecule has 0 aliphatic heterocycles. The van der Waals surface area contributed by atoms with Gasteiger partial charge in [0.15, 0.2) is 0 Å². The molecule has 1 aromatic rings. The van der Waals surface area contributed by atoms with Gasteiger partial charge >= 0.3 is 0 Å². The van der Waals surface area contributed by atoms with E-state index in [1.165, 1.54) is 0 Å². The summed E-state index contributed by atoms with van der Waals surface area (Å²) in [6.45, 7) is 6.49. The molecule has 1 unspecified atom stereocenters. The highest BCUT2D eigenvalue weighted by Gasteiger charge is 2.02. The summed E-state index contributed by atoms with van der Waals surface area (Å²) in [4.78, 5) is 8.50. The number of alkyl halides is 1. The monoisotopic (exact) mass is 199 g/mol. The lowest BCUT2D eigenvalue weighted by Crippen LogP contribution is -2.13. The molecule has 3 nitrogen and oxygen atoms in total. The molecule has 0 fully saturated rings. The van der Waals surface area contributed by atoms with Crippen molar-refractivity contribution in [1.29, 1.82) is 0 Å². The number of nitrogens with zero attached hydrogens (tertiary/aromatic N) is 2. The smallest absolute Gasteiger partial charge is 0.147 e. The predicted molar refractivity (Wildman–Crippen MR) is 55.3 cm³/mol. The van der Waals surface area contributed by atoms with Crippen LogP contribution in [0.4, 0.5) is 5.82 Å². The minimum Gasteiger partial charge on any atom is -0.367 e. The average Bonchev–Trinajstić information content (AvgIpc) is 2.06. The van der Waals surface area contributed by atoms with E-state index in [4.69, 9.17) is 11.6 Å². The topological polar surface area (TPSA) is 37.8 Å². The van der Waals surface area contributed by atoms with Gasteiger partial charge in [0, 0.05) is 18.1 Å². The largest absolute Gasteiger partial charge is 0.367 e. The van der Waals surface area contributed by atoms with Crippen molar-refractivity contribution >= 4 is 17.4 Å². The summed E-state index contributed by atoms with van der Waals surface area (Å²) in [6, 6.07) is 0. The molecule has 1 heterocycles. The quantitative estimate of drug-likeness (QED) is 0.758. The molecule has 0 aliphatic carbocycles. The van der Waals surface area contributed by atoms with Crippen LogP contribution >= 0.6 is 11.6 Å². The summed E-state index contributed by atoms with van der Waals surface area (Å²) in [5.41, 5.74) is 1.82. The second kappa shape index (κ2) is 4.42. The molecule has 0 aromatic carbocycles. The third kappa shape index (κ3) is 3.19. The minimum atomic E-state index is 0.0988. The Morgan fingerprint density at radius 1 is 1.54 bits per heavy atom. The van der Waals surface area contributed by atoms with Crippen molar-refractivity contribution in [3.63, 3.8) is 0 Å². The standard InChI is InChI=1S/C9H14ClN3/c1-6(10)4-12-9-8(3)11-5-7(2)13-9/h5-6H,4H2,1-3H3,(H,12,13). The molecule has 0 saturated carbocycles. The van der Waals surface area contributed by atoms with Crippen molar-refractivity contribution in [2.24, 2.45) is 0 Å². The van der Waals surface area contributed by atoms with Gasteiger partial charge in [-0.1, -0.05) is 0 Å². The van der Waals surface area contributed by atoms with E-state index in [-0.39, 0.29) is 5.38 Å². The Morgan fingerprint density at radius 2 is 2.23 bits per heavy atom. The molecule has 0 aliphatic rings. The Labute approximate surface area is 83.5 Å². The third-order valence-corrected chi connectivity index (χ3v) is 1.78. The lowest BCUT2D eigenvalue weighted by Gasteiger charge is -2.09. The van der Waals surface area contributed by atoms with E-state index < -0.39 is 0 Å². The van der Waals surface area contributed by atoms with Crippen LogP contribution in [0.15, 0.2) is 6.20 Å². The minimum absolute atomic E-state index is 0.0988. The molecule has 4 heteroatoms. The first-order chi connectivity index (χ1) is 6.09. The summed E-state index contributed by atoms with van der Waals surface area (Å²) < 4.78 is 0. The molecule has 1 N–H and O–H groups in total. The molecule has 13 heavy (non-hydrogen) atoms. The van der Waals surface area contributed by atoms with Crippen LogP contribution in [-0.2, 0) is 0 Å². The zero-order valence-electron chi connectivity index (χ0n) is 8.13. The van der Waals surface area contributed by atoms with E-state index in [1.807, 2.05) is 20.8 Å². The number of anilines is 1. The van der Waals surface area contributed by atoms with Crippen LogP contribution in [-0.4, -0.2) is 21.9 Å². The van der Waals surface area contributed by atoms with Crippen LogP contribution in [0.25, 0.3) is 0 Å². The fourth-order valence-corrected chi connectivity index (χ4v) is 1.02. The summed E-state index contributed by atoms with van der Waals surface area (Å²) in [7, 11) is 0. The molecule has 0 amide bonds. The summed E-state index contributed by atoms with van der Waals surface area (Å²) in [5.74, 6) is 0.826. The van der Waals surface area contributed by atoms with E-state index in [1.54, 1.807) is 6.20 Å². The molecular formula is C9H14ClN3. The number of hydrogen-bond acceptors (Lipinski definition) is 3. The molecule has 1 atom stereocenters. The Bertz CT molecular complexity index is 286. The fourth-order valence-electron chi connectivity index (χ4n) is 0.942. The second-order valence-electron chi connectivity index (χ2n) is 3.11. The highest BCUT2D eigenvalue weighted by molar-refractivity contribution is 6.20. The molecule has 0 saturated heterocycles. The first-order valence-electron chi connectivity index (χ1n) is 4.28. The molecular weight excluding hydrogens is 186 g/mol. The van der Waals surface area contributed by atoms with Gasteiger partial charge in [0.05, 0.1) is 11.4 Å². The lowest BCUT2D eigenvalue weighted by molar-refractivity contribution is 0.955. The van der Waals surface area contributed by atoms with E-state index in [0.29, 0.717) is 6.54 Å². The highest BCUT2D eigenvalue weighted by Crippen LogP contribution is 2.08. The van der Waals surface area contributed by atoms with Crippen LogP contribution in [0.1, 0.15) is 18.3 Å². The predicted octanol–water partition coefficient (Wildman–Crippen LogP) is 2.13. The summed E-state index contributed by atoms with van der Waals surface area (Å²) >= 11 is 5.81. The summed E-state index contributed by atoms with van der Waals surface area (Å²) in [5, 5.41) is 3.25. The van der Waals surface area contributed by atoms with E-state index >= 15 is 0 Å². The van der Waals surface area contributed by atoms with Crippen LogP contribution in [0.5, 0.6) is 0 Å². The van der Waals surface area contributed by atoms with Crippen molar-refractivity contribution in [2.75, 3.05) is 11.9 Å². The molecule has 0 spiro atoms. The van der Waals surface area contributed by atoms with Gasteiger partial charge in [-0.2, -0.15) is 0 Å². The maximum atomic E-state index is 5.81. The zero-order valence-corrected chi connectivity index (χ0v) is 8.89. The van der Waals surface area contributed by atoms with E-state index in [2.05, 4.69) is 15.3 Å². The van der Waals surface area contributed by atoms with Crippen molar-refractivity contribution in [3.05, 3.63) is 17.6 Å². The number of hydrogen-bond donors (Lipinski definition) is 1. The van der Waals surface area contributed by atoms with Gasteiger partial charge in [0.1, 0.15) is 5.82 Å². The van der Waals surface area contributed by atoms with Crippen molar-refractivity contribution in [1.82, 2.24) is 9.97 Å². The van der Waals surface area contributed by atoms with Gasteiger partial charge < -0.3 is 5.32 Å². The SMILES string of the molecule is Cc1cnc(C)c(NCC(C)Cl)n1. The highest BCUT2D eigenvalue weighted by atomic mass is 35.5. The van der Waals surface area contributed by atoms with Gasteiger partial charge in [0.25, 0.3) is 0 Å². The average molecular weight is 200 g/mol. The Balaban J connectivity index is 2.70. The number of rotatable bonds is 3. The lowest BCUT2D eigenvalue weighted by atomic mass is 10.4. The first-order valence-corrected chi connectivity index (χ1v) is 4.71. The van der Waals surface area contributed by atoms with Crippen LogP contribution in [0.2, 0.25) is 0 Å². The molecule has 1 rings (SSSR count). The third-order valence-electron chi connectivity index (χ3n) is 1.63. The van der Waals surface area contributed by atoms with Crippen molar-refractivity contribution in [2.45, 2.75) is 26.1 Å². The number of aromatic nitrogens is 2. The van der Waals surface area contributed by atoms with E-state index in [9.17, 15) is 0 Å². The molecule has 0 radical (unpaired) electrons. The van der Waals surface area contributed by atoms with Gasteiger partial charge in [-0.15, -0.1) is 11.6 Å². The number of aryl methyl sites for hydroxylation is 2. The Kier molecular flexibility index (Phi) is 3.48. The second-order valence-corrected chi connectivity index (χ2v) is 3.85. The number of halogens is 1. The summed E-state index contributed by atoms with van der Waals surface area (Å²) in [6.07, 6.45) is 1.75. The Morgan fingerprint density at radius 3 is 2.85 bits per heavy atom. The molecule has 72 valence electrons. The Hall–Kier alpha value is -0.830. The van der Waals surface area contributed by atoms with Gasteiger partial charge in [0.2, 0.25) is 0 Å². The fraction of sp³-hybridized carbons (Fsp3) is 0.556. The van der Waals surface area contributed by atoms with Crippen LogP contribution < -0.4 is 5.32 Å². The molecule has 0 bridgehead atoms. The maximum absolute atomic E-state index is 5.81. The van der Waals surface area contributed by atoms with Gasteiger partial charge in [-0.25, -0.2) is 4.98 Å². The van der Waals surface area contributed by atoms with Crippen molar-refractivity contribution in [3.8, 4) is 0 Å². The van der Waals surface area contributed by atoms with Crippen molar-refractivity contribution < 1.29 is 0 Å². The number of nitrogens with one attached hydrogen (secondary N) is 1. The van der Waals surface area contributed by atoms with Gasteiger partial charge in [-0.05, 0) is 20.8 Å². The zero-order chi connectivity index (χ0) is 9.84. The van der Waals surface area contributed by atoms with E-state index in [0.717, 1.165) is 17.2 Å². The van der Waals surface area contributed by atoms with Crippen LogP contribution in [0, 0.1) is 13.8 Å². The molecule has 1 aromatic heterocycles. The van der Waals surface area contributed by atoms with Crippen LogP contribution in [0.3, 0.4) is 0 Å². The first kappa shape index (κ1) is 10.3. The van der Waals surface area contributed by atoms with Gasteiger partial charge in [-0.3, -0.25) is 4.98 Å². The maximum Gasteiger partial charge on any atom is 0.147 e. The normalized spacial score (nSPS) is 12.6.